The van der Waals surface area contributed by atoms with Crippen LogP contribution in [0.3, 0.4) is 0 Å². The van der Waals surface area contributed by atoms with E-state index in [0.717, 1.165) is 17.4 Å². The van der Waals surface area contributed by atoms with E-state index < -0.39 is 0 Å². The zero-order valence-electron chi connectivity index (χ0n) is 11.5. The first-order valence-electron chi connectivity index (χ1n) is 6.61. The van der Waals surface area contributed by atoms with Gasteiger partial charge in [-0.25, -0.2) is 4.98 Å². The summed E-state index contributed by atoms with van der Waals surface area (Å²) < 4.78 is 5.23. The van der Waals surface area contributed by atoms with Gasteiger partial charge in [0.05, 0.1) is 12.3 Å². The van der Waals surface area contributed by atoms with Crippen molar-refractivity contribution in [3.63, 3.8) is 0 Å². The zero-order valence-corrected chi connectivity index (χ0v) is 12.3. The van der Waals surface area contributed by atoms with E-state index in [0.29, 0.717) is 12.6 Å². The van der Waals surface area contributed by atoms with Gasteiger partial charge in [0.25, 0.3) is 0 Å². The lowest BCUT2D eigenvalue weighted by Crippen LogP contribution is -2.28. The molecule has 0 aromatic carbocycles. The van der Waals surface area contributed by atoms with Gasteiger partial charge in [-0.05, 0) is 19.9 Å². The van der Waals surface area contributed by atoms with Crippen molar-refractivity contribution in [3.05, 3.63) is 10.6 Å². The first-order chi connectivity index (χ1) is 8.76. The molecule has 0 unspecified atom stereocenters. The highest BCUT2D eigenvalue weighted by Gasteiger charge is 2.23. The molecule has 18 heavy (non-hydrogen) atoms. The molecule has 2 rings (SSSR count). The van der Waals surface area contributed by atoms with Crippen LogP contribution in [0.2, 0.25) is 0 Å². The number of thiazole rings is 1. The second-order valence-electron chi connectivity index (χ2n) is 4.88. The van der Waals surface area contributed by atoms with Gasteiger partial charge in [-0.15, -0.1) is 11.3 Å². The van der Waals surface area contributed by atoms with Gasteiger partial charge in [-0.2, -0.15) is 0 Å². The molecule has 0 radical (unpaired) electrons. The second-order valence-corrected chi connectivity index (χ2v) is 5.94. The molecular weight excluding hydrogens is 246 g/mol. The Labute approximate surface area is 113 Å². The highest BCUT2D eigenvalue weighted by Crippen LogP contribution is 2.31. The molecule has 0 amide bonds. The molecule has 1 aliphatic rings. The molecule has 1 aliphatic carbocycles. The van der Waals surface area contributed by atoms with Crippen LogP contribution < -0.4 is 10.2 Å². The van der Waals surface area contributed by atoms with Gasteiger partial charge in [0.2, 0.25) is 0 Å². The number of nitrogens with one attached hydrogen (secondary N) is 1. The molecule has 1 aromatic heterocycles. The van der Waals surface area contributed by atoms with Crippen molar-refractivity contribution in [1.82, 2.24) is 10.3 Å². The first kappa shape index (κ1) is 13.8. The molecule has 1 aromatic rings. The average molecular weight is 269 g/mol. The Morgan fingerprint density at radius 2 is 2.17 bits per heavy atom. The Kier molecular flexibility index (Phi) is 4.97. The van der Waals surface area contributed by atoms with E-state index in [4.69, 9.17) is 9.72 Å². The first-order valence-corrected chi connectivity index (χ1v) is 7.43. The third kappa shape index (κ3) is 3.02. The van der Waals surface area contributed by atoms with Gasteiger partial charge < -0.3 is 15.0 Å². The largest absolute Gasteiger partial charge is 0.378 e. The number of aromatic nitrogens is 1. The molecule has 0 bridgehead atoms. The van der Waals surface area contributed by atoms with Crippen molar-refractivity contribution in [2.45, 2.75) is 44.9 Å². The van der Waals surface area contributed by atoms with E-state index in [-0.39, 0.29) is 0 Å². The fraction of sp³-hybridized carbons (Fsp3) is 0.769. The maximum atomic E-state index is 5.23. The van der Waals surface area contributed by atoms with Crippen LogP contribution in [0.5, 0.6) is 0 Å². The summed E-state index contributed by atoms with van der Waals surface area (Å²) in [4.78, 5) is 8.39. The summed E-state index contributed by atoms with van der Waals surface area (Å²) in [6.45, 7) is 1.47. The van der Waals surface area contributed by atoms with Crippen molar-refractivity contribution in [1.29, 1.82) is 0 Å². The van der Waals surface area contributed by atoms with Gasteiger partial charge >= 0.3 is 0 Å². The summed E-state index contributed by atoms with van der Waals surface area (Å²) in [6, 6.07) is 0.675. The summed E-state index contributed by atoms with van der Waals surface area (Å²) in [7, 11) is 5.87. The lowest BCUT2D eigenvalue weighted by atomic mass is 10.2. The van der Waals surface area contributed by atoms with Crippen molar-refractivity contribution in [2.75, 3.05) is 26.1 Å². The van der Waals surface area contributed by atoms with E-state index in [1.54, 1.807) is 18.4 Å². The second kappa shape index (κ2) is 6.50. The van der Waals surface area contributed by atoms with Crippen LogP contribution in [0.15, 0.2) is 0 Å². The number of hydrogen-bond donors (Lipinski definition) is 1. The van der Waals surface area contributed by atoms with Crippen molar-refractivity contribution in [2.24, 2.45) is 0 Å². The van der Waals surface area contributed by atoms with Crippen molar-refractivity contribution in [3.8, 4) is 0 Å². The van der Waals surface area contributed by atoms with Gasteiger partial charge in [-0.1, -0.05) is 12.8 Å². The minimum atomic E-state index is 0.603. The van der Waals surface area contributed by atoms with Gasteiger partial charge in [0.15, 0.2) is 5.13 Å². The molecular formula is C13H23N3OS. The predicted octanol–water partition coefficient (Wildman–Crippen LogP) is 2.39. The Hall–Kier alpha value is -0.650. The smallest absolute Gasteiger partial charge is 0.185 e. The maximum Gasteiger partial charge on any atom is 0.185 e. The highest BCUT2D eigenvalue weighted by molar-refractivity contribution is 7.15. The van der Waals surface area contributed by atoms with Crippen LogP contribution >= 0.6 is 11.3 Å². The fourth-order valence-electron chi connectivity index (χ4n) is 2.52. The normalized spacial score (nSPS) is 16.4. The number of rotatable bonds is 6. The standard InChI is InChI=1S/C13H23N3OS/c1-14-8-12-11(9-17-3)15-13(18-12)16(2)10-6-4-5-7-10/h10,14H,4-9H2,1-3H3. The molecule has 0 atom stereocenters. The summed E-state index contributed by atoms with van der Waals surface area (Å²) >= 11 is 1.79. The number of methoxy groups -OCH3 is 1. The van der Waals surface area contributed by atoms with Crippen LogP contribution in [0.25, 0.3) is 0 Å². The third-order valence-corrected chi connectivity index (χ3v) is 4.75. The van der Waals surface area contributed by atoms with Crippen molar-refractivity contribution < 1.29 is 4.74 Å². The molecule has 0 spiro atoms. The quantitative estimate of drug-likeness (QED) is 0.860. The minimum absolute atomic E-state index is 0.603. The van der Waals surface area contributed by atoms with Crippen LogP contribution in [-0.2, 0) is 17.9 Å². The lowest BCUT2D eigenvalue weighted by Gasteiger charge is -2.23. The summed E-state index contributed by atoms with van der Waals surface area (Å²) in [6.07, 6.45) is 5.32. The van der Waals surface area contributed by atoms with Crippen LogP contribution in [0.4, 0.5) is 5.13 Å². The number of anilines is 1. The molecule has 4 nitrogen and oxygen atoms in total. The molecule has 0 aliphatic heterocycles. The predicted molar refractivity (Wildman–Crippen MR) is 76.2 cm³/mol. The Morgan fingerprint density at radius 1 is 1.44 bits per heavy atom. The molecule has 0 saturated heterocycles. The molecule has 5 heteroatoms. The zero-order chi connectivity index (χ0) is 13.0. The topological polar surface area (TPSA) is 37.4 Å². The Morgan fingerprint density at radius 3 is 2.78 bits per heavy atom. The molecule has 1 fully saturated rings. The summed E-state index contributed by atoms with van der Waals surface area (Å²) in [5.74, 6) is 0. The Balaban J connectivity index is 2.13. The Bertz CT molecular complexity index is 351. The molecule has 1 heterocycles. The van der Waals surface area contributed by atoms with Gasteiger partial charge in [-0.3, -0.25) is 0 Å². The molecule has 102 valence electrons. The maximum absolute atomic E-state index is 5.23. The number of hydrogen-bond acceptors (Lipinski definition) is 5. The van der Waals surface area contributed by atoms with E-state index in [2.05, 4.69) is 17.3 Å². The van der Waals surface area contributed by atoms with E-state index >= 15 is 0 Å². The summed E-state index contributed by atoms with van der Waals surface area (Å²) in [5, 5.41) is 4.34. The van der Waals surface area contributed by atoms with Crippen LogP contribution in [-0.4, -0.2) is 32.2 Å². The molecule has 1 N–H and O–H groups in total. The van der Waals surface area contributed by atoms with E-state index in [1.807, 2.05) is 7.05 Å². The molecule has 1 saturated carbocycles. The highest BCUT2D eigenvalue weighted by atomic mass is 32.1. The van der Waals surface area contributed by atoms with E-state index in [9.17, 15) is 0 Å². The monoisotopic (exact) mass is 269 g/mol. The van der Waals surface area contributed by atoms with E-state index in [1.165, 1.54) is 30.6 Å². The van der Waals surface area contributed by atoms with Gasteiger partial charge in [0.1, 0.15) is 0 Å². The van der Waals surface area contributed by atoms with Crippen molar-refractivity contribution >= 4 is 16.5 Å². The average Bonchev–Trinajstić information content (AvgIpc) is 2.99. The summed E-state index contributed by atoms with van der Waals surface area (Å²) in [5.41, 5.74) is 1.08. The SMILES string of the molecule is CNCc1sc(N(C)C2CCCC2)nc1COC. The van der Waals surface area contributed by atoms with Crippen LogP contribution in [0, 0.1) is 0 Å². The minimum Gasteiger partial charge on any atom is -0.378 e. The lowest BCUT2D eigenvalue weighted by molar-refractivity contribution is 0.181. The van der Waals surface area contributed by atoms with Gasteiger partial charge in [0, 0.05) is 31.6 Å². The fourth-order valence-corrected chi connectivity index (χ4v) is 3.62. The van der Waals surface area contributed by atoms with Crippen LogP contribution in [0.1, 0.15) is 36.3 Å². The number of nitrogens with zero attached hydrogens (tertiary/aromatic N) is 2. The number of ether oxygens (including phenoxy) is 1. The third-order valence-electron chi connectivity index (χ3n) is 3.56.